The SMILES string of the molecule is O=C(Nc1cncc(-c2ccc3[nH]nc(-c4nc5c(-c6ccoc6)cccc5[nH]4)c3c2)c1)C1CC1. The molecule has 0 aliphatic heterocycles. The van der Waals surface area contributed by atoms with E-state index in [0.717, 1.165) is 62.7 Å². The fraction of sp³-hybridized carbons (Fsp3) is 0.111. The number of anilines is 1. The number of fused-ring (bicyclic) bond motifs is 2. The fourth-order valence-electron chi connectivity index (χ4n) is 4.43. The van der Waals surface area contributed by atoms with Crippen LogP contribution in [-0.4, -0.2) is 31.1 Å². The molecule has 0 unspecified atom stereocenters. The van der Waals surface area contributed by atoms with Crippen molar-refractivity contribution in [2.24, 2.45) is 5.92 Å². The van der Waals surface area contributed by atoms with Gasteiger partial charge in [0.1, 0.15) is 5.69 Å². The molecule has 8 nitrogen and oxygen atoms in total. The van der Waals surface area contributed by atoms with Gasteiger partial charge in [-0.05, 0) is 48.7 Å². The number of benzene rings is 2. The van der Waals surface area contributed by atoms with E-state index in [1.54, 1.807) is 24.9 Å². The summed E-state index contributed by atoms with van der Waals surface area (Å²) in [5.41, 5.74) is 8.00. The van der Waals surface area contributed by atoms with Gasteiger partial charge in [-0.3, -0.25) is 14.9 Å². The predicted octanol–water partition coefficient (Wildman–Crippen LogP) is 5.78. The third-order valence-electron chi connectivity index (χ3n) is 6.42. The fourth-order valence-corrected chi connectivity index (χ4v) is 4.43. The Morgan fingerprint density at radius 1 is 1.00 bits per heavy atom. The number of carbonyl (C=O) groups excluding carboxylic acids is 1. The zero-order chi connectivity index (χ0) is 23.4. The maximum Gasteiger partial charge on any atom is 0.227 e. The second-order valence-corrected chi connectivity index (χ2v) is 8.86. The van der Waals surface area contributed by atoms with E-state index in [0.29, 0.717) is 11.5 Å². The smallest absolute Gasteiger partial charge is 0.227 e. The molecular formula is C27H20N6O2. The number of aromatic nitrogens is 5. The molecule has 0 radical (unpaired) electrons. The number of amides is 1. The summed E-state index contributed by atoms with van der Waals surface area (Å²) < 4.78 is 5.27. The first kappa shape index (κ1) is 19.7. The first-order valence-corrected chi connectivity index (χ1v) is 11.5. The lowest BCUT2D eigenvalue weighted by Crippen LogP contribution is -2.13. The van der Waals surface area contributed by atoms with Crippen molar-refractivity contribution in [1.29, 1.82) is 0 Å². The number of hydrogen-bond acceptors (Lipinski definition) is 5. The maximum absolute atomic E-state index is 12.2. The first-order chi connectivity index (χ1) is 17.2. The minimum atomic E-state index is 0.0659. The molecule has 4 heterocycles. The summed E-state index contributed by atoms with van der Waals surface area (Å²) in [7, 11) is 0. The Hall–Kier alpha value is -4.72. The highest BCUT2D eigenvalue weighted by Gasteiger charge is 2.29. The monoisotopic (exact) mass is 460 g/mol. The number of carbonyl (C=O) groups is 1. The number of pyridine rings is 1. The number of nitrogens with one attached hydrogen (secondary N) is 3. The average Bonchev–Trinajstić information content (AvgIpc) is 3.26. The van der Waals surface area contributed by atoms with Crippen molar-refractivity contribution in [2.45, 2.75) is 12.8 Å². The lowest BCUT2D eigenvalue weighted by atomic mass is 10.0. The van der Waals surface area contributed by atoms with Crippen molar-refractivity contribution in [1.82, 2.24) is 25.1 Å². The van der Waals surface area contributed by atoms with Gasteiger partial charge in [-0.1, -0.05) is 18.2 Å². The summed E-state index contributed by atoms with van der Waals surface area (Å²) in [6.07, 6.45) is 8.78. The van der Waals surface area contributed by atoms with Gasteiger partial charge in [0.25, 0.3) is 0 Å². The second-order valence-electron chi connectivity index (χ2n) is 8.86. The molecule has 0 spiro atoms. The third-order valence-corrected chi connectivity index (χ3v) is 6.42. The Bertz CT molecular complexity index is 1710. The number of rotatable bonds is 5. The number of para-hydroxylation sites is 1. The molecular weight excluding hydrogens is 440 g/mol. The zero-order valence-electron chi connectivity index (χ0n) is 18.6. The topological polar surface area (TPSA) is 112 Å². The van der Waals surface area contributed by atoms with Gasteiger partial charge in [-0.2, -0.15) is 5.10 Å². The predicted molar refractivity (Wildman–Crippen MR) is 133 cm³/mol. The highest BCUT2D eigenvalue weighted by molar-refractivity contribution is 5.99. The van der Waals surface area contributed by atoms with E-state index in [-0.39, 0.29) is 11.8 Å². The van der Waals surface area contributed by atoms with E-state index in [2.05, 4.69) is 31.5 Å². The van der Waals surface area contributed by atoms with Gasteiger partial charge in [0.2, 0.25) is 5.91 Å². The highest BCUT2D eigenvalue weighted by Crippen LogP contribution is 2.34. The van der Waals surface area contributed by atoms with Gasteiger partial charge < -0.3 is 14.7 Å². The molecule has 1 amide bonds. The minimum absolute atomic E-state index is 0.0659. The van der Waals surface area contributed by atoms with Gasteiger partial charge in [0.15, 0.2) is 5.82 Å². The third kappa shape index (κ3) is 3.47. The Morgan fingerprint density at radius 3 is 2.80 bits per heavy atom. The van der Waals surface area contributed by atoms with Crippen LogP contribution >= 0.6 is 0 Å². The normalized spacial score (nSPS) is 13.5. The summed E-state index contributed by atoms with van der Waals surface area (Å²) in [6.45, 7) is 0. The van der Waals surface area contributed by atoms with Crippen molar-refractivity contribution in [3.05, 3.63) is 73.5 Å². The number of nitrogens with zero attached hydrogens (tertiary/aromatic N) is 3. The van der Waals surface area contributed by atoms with Crippen LogP contribution in [0.4, 0.5) is 5.69 Å². The minimum Gasteiger partial charge on any atom is -0.472 e. The number of aromatic amines is 2. The highest BCUT2D eigenvalue weighted by atomic mass is 16.3. The molecule has 170 valence electrons. The van der Waals surface area contributed by atoms with E-state index in [1.807, 2.05) is 42.5 Å². The first-order valence-electron chi connectivity index (χ1n) is 11.5. The summed E-state index contributed by atoms with van der Waals surface area (Å²) in [5.74, 6) is 0.889. The van der Waals surface area contributed by atoms with Crippen LogP contribution in [0.25, 0.3) is 55.7 Å². The van der Waals surface area contributed by atoms with Crippen molar-refractivity contribution in [3.8, 4) is 33.8 Å². The van der Waals surface area contributed by atoms with Crippen LogP contribution in [0.2, 0.25) is 0 Å². The molecule has 0 atom stereocenters. The van der Waals surface area contributed by atoms with Crippen LogP contribution in [0.15, 0.2) is 77.9 Å². The molecule has 6 aromatic rings. The quantitative estimate of drug-likeness (QED) is 0.302. The van der Waals surface area contributed by atoms with Gasteiger partial charge in [-0.15, -0.1) is 0 Å². The molecule has 1 fully saturated rings. The van der Waals surface area contributed by atoms with Crippen LogP contribution in [0.1, 0.15) is 12.8 Å². The standard InChI is InChI=1S/C27H20N6O2/c34-27(15-4-5-15)29-19-10-18(12-28-13-19)16-6-7-22-21(11-16)25(33-32-22)26-30-23-3-1-2-20(24(23)31-26)17-8-9-35-14-17/h1-3,6-15H,4-5H2,(H,29,34)(H,30,31)(H,32,33). The molecule has 1 aliphatic carbocycles. The summed E-state index contributed by atoms with van der Waals surface area (Å²) in [5, 5.41) is 11.6. The lowest BCUT2D eigenvalue weighted by Gasteiger charge is -2.07. The van der Waals surface area contributed by atoms with Crippen molar-refractivity contribution < 1.29 is 9.21 Å². The van der Waals surface area contributed by atoms with E-state index >= 15 is 0 Å². The number of imidazole rings is 1. The van der Waals surface area contributed by atoms with E-state index in [1.165, 1.54) is 0 Å². The molecule has 0 bridgehead atoms. The number of H-pyrrole nitrogens is 2. The Morgan fingerprint density at radius 2 is 1.94 bits per heavy atom. The molecule has 8 heteroatoms. The number of furan rings is 1. The molecule has 7 rings (SSSR count). The van der Waals surface area contributed by atoms with E-state index in [4.69, 9.17) is 9.40 Å². The van der Waals surface area contributed by atoms with Gasteiger partial charge in [0, 0.05) is 34.2 Å². The molecule has 1 saturated carbocycles. The number of hydrogen-bond donors (Lipinski definition) is 3. The van der Waals surface area contributed by atoms with Crippen molar-refractivity contribution >= 4 is 33.5 Å². The molecule has 0 saturated heterocycles. The summed E-state index contributed by atoms with van der Waals surface area (Å²) >= 11 is 0. The largest absolute Gasteiger partial charge is 0.472 e. The lowest BCUT2D eigenvalue weighted by molar-refractivity contribution is -0.117. The molecule has 3 N–H and O–H groups in total. The molecule has 4 aromatic heterocycles. The second kappa shape index (κ2) is 7.66. The van der Waals surface area contributed by atoms with E-state index < -0.39 is 0 Å². The Kier molecular flexibility index (Phi) is 4.32. The maximum atomic E-state index is 12.2. The van der Waals surface area contributed by atoms with Gasteiger partial charge in [0.05, 0.1) is 41.0 Å². The average molecular weight is 460 g/mol. The van der Waals surface area contributed by atoms with Crippen LogP contribution in [0.5, 0.6) is 0 Å². The molecule has 2 aromatic carbocycles. The van der Waals surface area contributed by atoms with Crippen LogP contribution in [0, 0.1) is 5.92 Å². The summed E-state index contributed by atoms with van der Waals surface area (Å²) in [4.78, 5) is 24.8. The van der Waals surface area contributed by atoms with Crippen LogP contribution < -0.4 is 5.32 Å². The van der Waals surface area contributed by atoms with Crippen LogP contribution in [-0.2, 0) is 4.79 Å². The molecule has 35 heavy (non-hydrogen) atoms. The zero-order valence-corrected chi connectivity index (χ0v) is 18.6. The van der Waals surface area contributed by atoms with Crippen LogP contribution in [0.3, 0.4) is 0 Å². The van der Waals surface area contributed by atoms with Crippen molar-refractivity contribution in [2.75, 3.05) is 5.32 Å². The molecule has 1 aliphatic rings. The van der Waals surface area contributed by atoms with Gasteiger partial charge in [-0.25, -0.2) is 4.98 Å². The Labute approximate surface area is 199 Å². The Balaban J connectivity index is 1.29. The van der Waals surface area contributed by atoms with Gasteiger partial charge >= 0.3 is 0 Å². The summed E-state index contributed by atoms with van der Waals surface area (Å²) in [6, 6.07) is 16.0. The van der Waals surface area contributed by atoms with E-state index in [9.17, 15) is 4.79 Å². The van der Waals surface area contributed by atoms with Crippen molar-refractivity contribution in [3.63, 3.8) is 0 Å².